The summed E-state index contributed by atoms with van der Waals surface area (Å²) in [5.74, 6) is 0. The second-order valence-corrected chi connectivity index (χ2v) is 8.26. The van der Waals surface area contributed by atoms with Gasteiger partial charge in [0.05, 0.1) is 5.56 Å². The van der Waals surface area contributed by atoms with Crippen molar-refractivity contribution >= 4 is 6.03 Å². The number of benzene rings is 1. The van der Waals surface area contributed by atoms with E-state index in [1.807, 2.05) is 0 Å². The minimum absolute atomic E-state index is 0.0888. The van der Waals surface area contributed by atoms with Crippen LogP contribution in [0.2, 0.25) is 0 Å². The second-order valence-electron chi connectivity index (χ2n) is 8.26. The highest BCUT2D eigenvalue weighted by molar-refractivity contribution is 5.74. The molecule has 0 spiro atoms. The molecular weight excluding hydrogens is 369 g/mol. The van der Waals surface area contributed by atoms with Crippen LogP contribution in [0.5, 0.6) is 0 Å². The molecule has 2 fully saturated rings. The monoisotopic (exact) mass is 398 g/mol. The van der Waals surface area contributed by atoms with E-state index in [1.165, 1.54) is 18.6 Å². The van der Waals surface area contributed by atoms with E-state index in [4.69, 9.17) is 0 Å². The standard InChI is InChI=1S/C21H29F3N2O2/c22-21(23,24)18-9-5-4-6-16(18)14-20(15-27)10-12-26(13-11-20)19(28)25-17-7-2-1-3-8-17/h4-6,9,17,27H,1-3,7-8,10-15H2,(H,25,28). The summed E-state index contributed by atoms with van der Waals surface area (Å²) in [6.07, 6.45) is 2.25. The van der Waals surface area contributed by atoms with E-state index in [0.29, 0.717) is 25.9 Å². The second kappa shape index (κ2) is 8.72. The van der Waals surface area contributed by atoms with Gasteiger partial charge in [0.1, 0.15) is 0 Å². The normalized spacial score (nSPS) is 20.8. The number of rotatable bonds is 4. The fraction of sp³-hybridized carbons (Fsp3) is 0.667. The third kappa shape index (κ3) is 4.99. The molecule has 7 heteroatoms. The zero-order chi connectivity index (χ0) is 20.2. The lowest BCUT2D eigenvalue weighted by Crippen LogP contribution is -2.51. The van der Waals surface area contributed by atoms with Crippen LogP contribution in [-0.2, 0) is 12.6 Å². The number of urea groups is 1. The number of nitrogens with one attached hydrogen (secondary N) is 1. The van der Waals surface area contributed by atoms with Crippen molar-refractivity contribution in [3.05, 3.63) is 35.4 Å². The molecule has 28 heavy (non-hydrogen) atoms. The SMILES string of the molecule is O=C(NC1CCCCC1)N1CCC(CO)(Cc2ccccc2C(F)(F)F)CC1. The number of halogens is 3. The summed E-state index contributed by atoms with van der Waals surface area (Å²) < 4.78 is 39.9. The average molecular weight is 398 g/mol. The molecule has 2 N–H and O–H groups in total. The van der Waals surface area contributed by atoms with Crippen LogP contribution < -0.4 is 5.32 Å². The molecule has 1 saturated carbocycles. The van der Waals surface area contributed by atoms with Crippen molar-refractivity contribution in [3.63, 3.8) is 0 Å². The summed E-state index contributed by atoms with van der Waals surface area (Å²) in [6, 6.07) is 5.70. The molecule has 0 bridgehead atoms. The molecule has 0 atom stereocenters. The number of alkyl halides is 3. The molecular formula is C21H29F3N2O2. The minimum Gasteiger partial charge on any atom is -0.396 e. The summed E-state index contributed by atoms with van der Waals surface area (Å²) in [5, 5.41) is 13.1. The Labute approximate surface area is 164 Å². The van der Waals surface area contributed by atoms with Gasteiger partial charge in [-0.2, -0.15) is 13.2 Å². The predicted molar refractivity (Wildman–Crippen MR) is 101 cm³/mol. The number of likely N-dealkylation sites (tertiary alicyclic amines) is 1. The van der Waals surface area contributed by atoms with Gasteiger partial charge in [-0.05, 0) is 43.7 Å². The van der Waals surface area contributed by atoms with E-state index in [0.717, 1.165) is 31.7 Å². The Morgan fingerprint density at radius 3 is 2.39 bits per heavy atom. The number of aliphatic hydroxyl groups excluding tert-OH is 1. The van der Waals surface area contributed by atoms with Gasteiger partial charge in [-0.1, -0.05) is 37.5 Å². The van der Waals surface area contributed by atoms with Gasteiger partial charge in [0.2, 0.25) is 0 Å². The molecule has 1 heterocycles. The number of piperidine rings is 1. The number of hydrogen-bond donors (Lipinski definition) is 2. The summed E-state index contributed by atoms with van der Waals surface area (Å²) in [7, 11) is 0. The van der Waals surface area contributed by atoms with Crippen molar-refractivity contribution in [2.24, 2.45) is 5.41 Å². The van der Waals surface area contributed by atoms with E-state index in [9.17, 15) is 23.1 Å². The molecule has 1 saturated heterocycles. The molecule has 0 unspecified atom stereocenters. The molecule has 1 aromatic rings. The summed E-state index contributed by atoms with van der Waals surface area (Å²) in [4.78, 5) is 14.2. The van der Waals surface area contributed by atoms with Crippen molar-refractivity contribution in [2.45, 2.75) is 63.6 Å². The van der Waals surface area contributed by atoms with E-state index >= 15 is 0 Å². The van der Waals surface area contributed by atoms with Gasteiger partial charge < -0.3 is 15.3 Å². The highest BCUT2D eigenvalue weighted by Gasteiger charge is 2.39. The Morgan fingerprint density at radius 2 is 1.79 bits per heavy atom. The summed E-state index contributed by atoms with van der Waals surface area (Å²) in [5.41, 5.74) is -1.05. The summed E-state index contributed by atoms with van der Waals surface area (Å²) >= 11 is 0. The zero-order valence-corrected chi connectivity index (χ0v) is 16.1. The number of nitrogens with zero attached hydrogens (tertiary/aromatic N) is 1. The van der Waals surface area contributed by atoms with Gasteiger partial charge in [0.25, 0.3) is 0 Å². The van der Waals surface area contributed by atoms with Crippen molar-refractivity contribution in [2.75, 3.05) is 19.7 Å². The van der Waals surface area contributed by atoms with Crippen molar-refractivity contribution in [1.82, 2.24) is 10.2 Å². The van der Waals surface area contributed by atoms with Crippen molar-refractivity contribution in [1.29, 1.82) is 0 Å². The van der Waals surface area contributed by atoms with E-state index in [1.54, 1.807) is 11.0 Å². The molecule has 0 radical (unpaired) electrons. The van der Waals surface area contributed by atoms with Crippen LogP contribution in [0.15, 0.2) is 24.3 Å². The fourth-order valence-electron chi connectivity index (χ4n) is 4.44. The minimum atomic E-state index is -4.41. The number of amides is 2. The van der Waals surface area contributed by atoms with Crippen LogP contribution in [0.4, 0.5) is 18.0 Å². The molecule has 3 rings (SSSR count). The van der Waals surface area contributed by atoms with Gasteiger partial charge in [0, 0.05) is 31.2 Å². The predicted octanol–water partition coefficient (Wildman–Crippen LogP) is 4.36. The van der Waals surface area contributed by atoms with Gasteiger partial charge in [0.15, 0.2) is 0 Å². The first-order chi connectivity index (χ1) is 13.3. The van der Waals surface area contributed by atoms with Gasteiger partial charge in [-0.15, -0.1) is 0 Å². The van der Waals surface area contributed by atoms with Gasteiger partial charge >= 0.3 is 12.2 Å². The molecule has 2 amide bonds. The molecule has 156 valence electrons. The first kappa shape index (κ1) is 21.0. The molecule has 4 nitrogen and oxygen atoms in total. The van der Waals surface area contributed by atoms with Crippen LogP contribution in [0, 0.1) is 5.41 Å². The summed E-state index contributed by atoms with van der Waals surface area (Å²) in [6.45, 7) is 0.720. The lowest BCUT2D eigenvalue weighted by atomic mass is 9.73. The Kier molecular flexibility index (Phi) is 6.53. The lowest BCUT2D eigenvalue weighted by Gasteiger charge is -2.41. The highest BCUT2D eigenvalue weighted by Crippen LogP contribution is 2.39. The Hall–Kier alpha value is -1.76. The molecule has 0 aromatic heterocycles. The topological polar surface area (TPSA) is 52.6 Å². The van der Waals surface area contributed by atoms with E-state index in [-0.39, 0.29) is 30.7 Å². The van der Waals surface area contributed by atoms with Crippen molar-refractivity contribution in [3.8, 4) is 0 Å². The van der Waals surface area contributed by atoms with Crippen LogP contribution in [0.3, 0.4) is 0 Å². The van der Waals surface area contributed by atoms with E-state index in [2.05, 4.69) is 5.32 Å². The lowest BCUT2D eigenvalue weighted by molar-refractivity contribution is -0.138. The molecule has 2 aliphatic rings. The molecule has 1 aromatic carbocycles. The zero-order valence-electron chi connectivity index (χ0n) is 16.1. The first-order valence-corrected chi connectivity index (χ1v) is 10.1. The average Bonchev–Trinajstić information content (AvgIpc) is 2.69. The molecule has 1 aliphatic heterocycles. The van der Waals surface area contributed by atoms with Crippen LogP contribution in [-0.4, -0.2) is 41.8 Å². The number of aliphatic hydroxyl groups is 1. The Balaban J connectivity index is 1.62. The fourth-order valence-corrected chi connectivity index (χ4v) is 4.44. The number of carbonyl (C=O) groups is 1. The van der Waals surface area contributed by atoms with Crippen molar-refractivity contribution < 1.29 is 23.1 Å². The van der Waals surface area contributed by atoms with Gasteiger partial charge in [-0.25, -0.2) is 4.79 Å². The van der Waals surface area contributed by atoms with E-state index < -0.39 is 17.2 Å². The van der Waals surface area contributed by atoms with Gasteiger partial charge in [-0.3, -0.25) is 0 Å². The number of carbonyl (C=O) groups excluding carboxylic acids is 1. The maximum Gasteiger partial charge on any atom is 0.416 e. The highest BCUT2D eigenvalue weighted by atomic mass is 19.4. The van der Waals surface area contributed by atoms with Crippen LogP contribution >= 0.6 is 0 Å². The molecule has 1 aliphatic carbocycles. The van der Waals surface area contributed by atoms with Crippen LogP contribution in [0.1, 0.15) is 56.1 Å². The largest absolute Gasteiger partial charge is 0.416 e. The van der Waals surface area contributed by atoms with Crippen LogP contribution in [0.25, 0.3) is 0 Å². The maximum absolute atomic E-state index is 13.3. The maximum atomic E-state index is 13.3. The Morgan fingerprint density at radius 1 is 1.14 bits per heavy atom. The Bertz CT molecular complexity index is 664. The first-order valence-electron chi connectivity index (χ1n) is 10.1. The smallest absolute Gasteiger partial charge is 0.396 e. The third-order valence-electron chi connectivity index (χ3n) is 6.27. The third-order valence-corrected chi connectivity index (χ3v) is 6.27. The number of hydrogen-bond acceptors (Lipinski definition) is 2. The quantitative estimate of drug-likeness (QED) is 0.792.